The lowest BCUT2D eigenvalue weighted by atomic mass is 10.00. The van der Waals surface area contributed by atoms with E-state index in [0.717, 1.165) is 11.5 Å². The van der Waals surface area contributed by atoms with Crippen molar-refractivity contribution in [1.29, 1.82) is 0 Å². The number of hydrogen-bond acceptors (Lipinski definition) is 0. The summed E-state index contributed by atoms with van der Waals surface area (Å²) in [6.45, 7) is 6.55. The van der Waals surface area contributed by atoms with E-state index in [1.807, 2.05) is 6.92 Å². The summed E-state index contributed by atoms with van der Waals surface area (Å²) in [6.07, 6.45) is 11.2. The molecule has 1 aliphatic rings. The van der Waals surface area contributed by atoms with Crippen molar-refractivity contribution in [2.24, 2.45) is 5.92 Å². The first-order valence-corrected chi connectivity index (χ1v) is 5.05. The molecule has 1 atom stereocenters. The van der Waals surface area contributed by atoms with Crippen molar-refractivity contribution in [3.05, 3.63) is 22.8 Å². The first kappa shape index (κ1) is 10.1. The molecule has 70 valence electrons. The lowest BCUT2D eigenvalue weighted by molar-refractivity contribution is 0.652. The van der Waals surface area contributed by atoms with E-state index in [9.17, 15) is 0 Å². The molecule has 0 heteroatoms. The summed E-state index contributed by atoms with van der Waals surface area (Å²) in [5.41, 5.74) is 4.15. The third kappa shape index (κ3) is 2.25. The van der Waals surface area contributed by atoms with Crippen molar-refractivity contribution in [2.75, 3.05) is 0 Å². The van der Waals surface area contributed by atoms with Gasteiger partial charge in [0.1, 0.15) is 0 Å². The minimum atomic E-state index is 0.766. The first-order chi connectivity index (χ1) is 6.19. The summed E-state index contributed by atoms with van der Waals surface area (Å²) in [7, 11) is 0. The van der Waals surface area contributed by atoms with Gasteiger partial charge in [0.15, 0.2) is 0 Å². The minimum Gasteiger partial charge on any atom is -0.115 e. The Bertz CT molecular complexity index is 284. The topological polar surface area (TPSA) is 0 Å². The molecular weight excluding hydrogens is 156 g/mol. The maximum atomic E-state index is 5.33. The van der Waals surface area contributed by atoms with E-state index < -0.39 is 0 Å². The van der Waals surface area contributed by atoms with Crippen molar-refractivity contribution in [3.8, 4) is 12.3 Å². The van der Waals surface area contributed by atoms with E-state index in [0.29, 0.717) is 0 Å². The molecule has 0 aromatic carbocycles. The van der Waals surface area contributed by atoms with Crippen LogP contribution in [0.1, 0.15) is 40.0 Å². The van der Waals surface area contributed by atoms with Gasteiger partial charge in [0.25, 0.3) is 0 Å². The van der Waals surface area contributed by atoms with Gasteiger partial charge in [-0.1, -0.05) is 25.3 Å². The third-order valence-corrected chi connectivity index (χ3v) is 2.85. The Balaban J connectivity index is 2.91. The predicted octanol–water partition coefficient (Wildman–Crippen LogP) is 3.70. The van der Waals surface area contributed by atoms with Crippen molar-refractivity contribution in [3.63, 3.8) is 0 Å². The largest absolute Gasteiger partial charge is 0.115 e. The molecule has 0 nitrogen and oxygen atoms in total. The molecule has 1 unspecified atom stereocenters. The SMILES string of the molecule is C#C/C(C)=C/C1=C(CC)C(C)CC1. The van der Waals surface area contributed by atoms with E-state index in [4.69, 9.17) is 6.42 Å². The highest BCUT2D eigenvalue weighted by Gasteiger charge is 2.18. The van der Waals surface area contributed by atoms with Gasteiger partial charge in [0, 0.05) is 0 Å². The van der Waals surface area contributed by atoms with Crippen LogP contribution in [0.5, 0.6) is 0 Å². The second-order valence-corrected chi connectivity index (χ2v) is 3.82. The molecule has 0 saturated carbocycles. The van der Waals surface area contributed by atoms with Gasteiger partial charge in [-0.2, -0.15) is 0 Å². The fourth-order valence-corrected chi connectivity index (χ4v) is 2.07. The van der Waals surface area contributed by atoms with Gasteiger partial charge in [-0.15, -0.1) is 6.42 Å². The first-order valence-electron chi connectivity index (χ1n) is 5.05. The molecule has 0 saturated heterocycles. The van der Waals surface area contributed by atoms with Gasteiger partial charge in [-0.3, -0.25) is 0 Å². The molecular formula is C13H18. The Morgan fingerprint density at radius 3 is 2.92 bits per heavy atom. The van der Waals surface area contributed by atoms with Gasteiger partial charge in [-0.25, -0.2) is 0 Å². The lowest BCUT2D eigenvalue weighted by Crippen LogP contribution is -1.91. The fraction of sp³-hybridized carbons (Fsp3) is 0.538. The van der Waals surface area contributed by atoms with Crippen LogP contribution in [0.2, 0.25) is 0 Å². The maximum absolute atomic E-state index is 5.33. The van der Waals surface area contributed by atoms with Crippen molar-refractivity contribution in [1.82, 2.24) is 0 Å². The second-order valence-electron chi connectivity index (χ2n) is 3.82. The minimum absolute atomic E-state index is 0.766. The van der Waals surface area contributed by atoms with Gasteiger partial charge >= 0.3 is 0 Å². The summed E-state index contributed by atoms with van der Waals surface area (Å²) in [5.74, 6) is 3.44. The molecule has 0 fully saturated rings. The Kier molecular flexibility index (Phi) is 3.37. The highest BCUT2D eigenvalue weighted by atomic mass is 14.2. The second kappa shape index (κ2) is 4.33. The van der Waals surface area contributed by atoms with E-state index in [-0.39, 0.29) is 0 Å². The smallest absolute Gasteiger partial charge is 0.00107 e. The molecule has 0 heterocycles. The van der Waals surface area contributed by atoms with Crippen LogP contribution in [0, 0.1) is 18.3 Å². The van der Waals surface area contributed by atoms with Crippen molar-refractivity contribution >= 4 is 0 Å². The van der Waals surface area contributed by atoms with E-state index in [1.54, 1.807) is 5.57 Å². The fourth-order valence-electron chi connectivity index (χ4n) is 2.07. The molecule has 0 aromatic rings. The monoisotopic (exact) mass is 174 g/mol. The third-order valence-electron chi connectivity index (χ3n) is 2.85. The molecule has 0 amide bonds. The van der Waals surface area contributed by atoms with Crippen LogP contribution in [-0.2, 0) is 0 Å². The molecule has 0 N–H and O–H groups in total. The number of hydrogen-bond donors (Lipinski definition) is 0. The Morgan fingerprint density at radius 1 is 1.69 bits per heavy atom. The lowest BCUT2D eigenvalue weighted by Gasteiger charge is -2.06. The summed E-state index contributed by atoms with van der Waals surface area (Å²) >= 11 is 0. The zero-order valence-electron chi connectivity index (χ0n) is 8.85. The molecule has 1 rings (SSSR count). The van der Waals surface area contributed by atoms with Crippen LogP contribution >= 0.6 is 0 Å². The zero-order valence-corrected chi connectivity index (χ0v) is 8.85. The standard InChI is InChI=1S/C13H18/c1-5-10(3)9-12-8-7-11(4)13(12)6-2/h1,9,11H,6-8H2,2-4H3/b10-9+. The Hall–Kier alpha value is -0.960. The van der Waals surface area contributed by atoms with Crippen molar-refractivity contribution in [2.45, 2.75) is 40.0 Å². The normalized spacial score (nSPS) is 23.5. The average Bonchev–Trinajstić information content (AvgIpc) is 2.46. The highest BCUT2D eigenvalue weighted by Crippen LogP contribution is 2.34. The van der Waals surface area contributed by atoms with Crippen LogP contribution in [-0.4, -0.2) is 0 Å². The molecule has 0 bridgehead atoms. The van der Waals surface area contributed by atoms with E-state index in [1.165, 1.54) is 24.8 Å². The summed E-state index contributed by atoms with van der Waals surface area (Å²) in [6, 6.07) is 0. The van der Waals surface area contributed by atoms with Crippen LogP contribution in [0.25, 0.3) is 0 Å². The predicted molar refractivity (Wildman–Crippen MR) is 58.3 cm³/mol. The number of rotatable bonds is 2. The number of terminal acetylenes is 1. The molecule has 0 aliphatic heterocycles. The van der Waals surface area contributed by atoms with Crippen molar-refractivity contribution < 1.29 is 0 Å². The highest BCUT2D eigenvalue weighted by molar-refractivity contribution is 5.38. The van der Waals surface area contributed by atoms with Crippen LogP contribution in [0.4, 0.5) is 0 Å². The van der Waals surface area contributed by atoms with Crippen LogP contribution in [0.15, 0.2) is 22.8 Å². The molecule has 13 heavy (non-hydrogen) atoms. The Labute approximate surface area is 81.7 Å². The van der Waals surface area contributed by atoms with E-state index in [2.05, 4.69) is 25.8 Å². The molecule has 1 aliphatic carbocycles. The molecule has 0 aromatic heterocycles. The maximum Gasteiger partial charge on any atom is -0.00107 e. The van der Waals surface area contributed by atoms with Gasteiger partial charge in [0.05, 0.1) is 0 Å². The van der Waals surface area contributed by atoms with E-state index >= 15 is 0 Å². The van der Waals surface area contributed by atoms with Gasteiger partial charge < -0.3 is 0 Å². The number of allylic oxidation sites excluding steroid dienone is 4. The van der Waals surface area contributed by atoms with Crippen LogP contribution < -0.4 is 0 Å². The van der Waals surface area contributed by atoms with Gasteiger partial charge in [0.2, 0.25) is 0 Å². The Morgan fingerprint density at radius 2 is 2.38 bits per heavy atom. The summed E-state index contributed by atoms with van der Waals surface area (Å²) in [5, 5.41) is 0. The average molecular weight is 174 g/mol. The zero-order chi connectivity index (χ0) is 9.84. The quantitative estimate of drug-likeness (QED) is 0.560. The van der Waals surface area contributed by atoms with Gasteiger partial charge in [-0.05, 0) is 49.3 Å². The summed E-state index contributed by atoms with van der Waals surface area (Å²) in [4.78, 5) is 0. The molecule has 0 spiro atoms. The molecule has 0 radical (unpaired) electrons. The summed E-state index contributed by atoms with van der Waals surface area (Å²) < 4.78 is 0. The van der Waals surface area contributed by atoms with Crippen LogP contribution in [0.3, 0.4) is 0 Å².